The van der Waals surface area contributed by atoms with Gasteiger partial charge in [0.2, 0.25) is 5.75 Å². The van der Waals surface area contributed by atoms with Gasteiger partial charge in [0.1, 0.15) is 0 Å². The molecule has 0 saturated carbocycles. The first kappa shape index (κ1) is 20.4. The smallest absolute Gasteiger partial charge is 0.254 e. The molecule has 6 nitrogen and oxygen atoms in total. The molecule has 0 radical (unpaired) electrons. The zero-order valence-electron chi connectivity index (χ0n) is 14.8. The van der Waals surface area contributed by atoms with E-state index >= 15 is 0 Å². The Balaban J connectivity index is 0.00000288. The van der Waals surface area contributed by atoms with E-state index in [2.05, 4.69) is 12.2 Å². The summed E-state index contributed by atoms with van der Waals surface area (Å²) in [4.78, 5) is 14.9. The van der Waals surface area contributed by atoms with E-state index in [1.807, 2.05) is 4.90 Å². The first-order valence-corrected chi connectivity index (χ1v) is 7.97. The molecule has 1 saturated heterocycles. The number of hydrogen-bond donors (Lipinski definition) is 1. The number of amides is 1. The van der Waals surface area contributed by atoms with Crippen LogP contribution in [0, 0.1) is 0 Å². The number of hydrogen-bond acceptors (Lipinski definition) is 5. The van der Waals surface area contributed by atoms with Crippen LogP contribution in [0.3, 0.4) is 0 Å². The Morgan fingerprint density at radius 3 is 2.25 bits per heavy atom. The number of ether oxygens (including phenoxy) is 3. The van der Waals surface area contributed by atoms with E-state index in [-0.39, 0.29) is 24.4 Å². The van der Waals surface area contributed by atoms with E-state index in [0.717, 1.165) is 32.5 Å². The topological polar surface area (TPSA) is 60.0 Å². The zero-order chi connectivity index (χ0) is 16.8. The van der Waals surface area contributed by atoms with Crippen molar-refractivity contribution in [2.75, 3.05) is 41.0 Å². The van der Waals surface area contributed by atoms with Crippen molar-refractivity contribution in [1.29, 1.82) is 0 Å². The van der Waals surface area contributed by atoms with Gasteiger partial charge in [0.25, 0.3) is 5.91 Å². The van der Waals surface area contributed by atoms with Crippen molar-refractivity contribution in [1.82, 2.24) is 10.2 Å². The Labute approximate surface area is 149 Å². The van der Waals surface area contributed by atoms with Crippen LogP contribution in [-0.4, -0.2) is 57.8 Å². The lowest BCUT2D eigenvalue weighted by molar-refractivity contribution is 0.0691. The monoisotopic (exact) mass is 358 g/mol. The summed E-state index contributed by atoms with van der Waals surface area (Å²) in [6.07, 6.45) is 1.91. The molecule has 136 valence electrons. The quantitative estimate of drug-likeness (QED) is 0.810. The van der Waals surface area contributed by atoms with Crippen molar-refractivity contribution in [2.45, 2.75) is 25.8 Å². The average molecular weight is 359 g/mol. The van der Waals surface area contributed by atoms with Gasteiger partial charge in [-0.25, -0.2) is 0 Å². The second-order valence-corrected chi connectivity index (χ2v) is 5.56. The first-order valence-electron chi connectivity index (χ1n) is 7.97. The summed E-state index contributed by atoms with van der Waals surface area (Å²) in [6, 6.07) is 3.67. The zero-order valence-corrected chi connectivity index (χ0v) is 15.6. The van der Waals surface area contributed by atoms with Crippen molar-refractivity contribution >= 4 is 18.3 Å². The lowest BCUT2D eigenvalue weighted by atomic mass is 10.1. The third-order valence-electron chi connectivity index (χ3n) is 4.11. The lowest BCUT2D eigenvalue weighted by Crippen LogP contribution is -2.42. The van der Waals surface area contributed by atoms with E-state index in [9.17, 15) is 4.79 Å². The summed E-state index contributed by atoms with van der Waals surface area (Å²) in [7, 11) is 4.65. The standard InChI is InChI=1S/C17H26N2O4.ClH/c1-5-8-19(13-6-7-18-11-13)17(20)12-9-14(21-2)16(23-4)15(10-12)22-3;/h9-10,13,18H,5-8,11H2,1-4H3;1H. The van der Waals surface area contributed by atoms with Gasteiger partial charge in [0.05, 0.1) is 21.3 Å². The van der Waals surface area contributed by atoms with Crippen LogP contribution in [-0.2, 0) is 0 Å². The molecular formula is C17H27ClN2O4. The molecule has 24 heavy (non-hydrogen) atoms. The SMILES string of the molecule is CCCN(C(=O)c1cc(OC)c(OC)c(OC)c1)C1CCNC1.Cl. The average Bonchev–Trinajstić information content (AvgIpc) is 3.11. The van der Waals surface area contributed by atoms with Crippen LogP contribution in [0.5, 0.6) is 17.2 Å². The molecule has 1 aliphatic heterocycles. The van der Waals surface area contributed by atoms with Crippen LogP contribution in [0.15, 0.2) is 12.1 Å². The Morgan fingerprint density at radius 1 is 1.21 bits per heavy atom. The maximum atomic E-state index is 13.0. The van der Waals surface area contributed by atoms with E-state index < -0.39 is 0 Å². The minimum atomic E-state index is -0.000182. The summed E-state index contributed by atoms with van der Waals surface area (Å²) >= 11 is 0. The molecule has 0 aliphatic carbocycles. The largest absolute Gasteiger partial charge is 0.493 e. The van der Waals surface area contributed by atoms with E-state index in [1.165, 1.54) is 0 Å². The van der Waals surface area contributed by atoms with Crippen LogP contribution in [0.2, 0.25) is 0 Å². The van der Waals surface area contributed by atoms with Gasteiger partial charge in [-0.15, -0.1) is 12.4 Å². The Kier molecular flexibility index (Phi) is 8.15. The fourth-order valence-electron chi connectivity index (χ4n) is 2.97. The molecule has 1 aromatic rings. The summed E-state index contributed by atoms with van der Waals surface area (Å²) in [6.45, 7) is 4.61. The molecule has 1 aromatic carbocycles. The van der Waals surface area contributed by atoms with Crippen molar-refractivity contribution < 1.29 is 19.0 Å². The van der Waals surface area contributed by atoms with E-state index in [0.29, 0.717) is 22.8 Å². The number of rotatable bonds is 7. The molecule has 1 unspecified atom stereocenters. The van der Waals surface area contributed by atoms with Gasteiger partial charge in [-0.3, -0.25) is 4.79 Å². The van der Waals surface area contributed by atoms with Crippen molar-refractivity contribution in [3.05, 3.63) is 17.7 Å². The highest BCUT2D eigenvalue weighted by atomic mass is 35.5. The Hall–Kier alpha value is -1.66. The summed E-state index contributed by atoms with van der Waals surface area (Å²) in [5.74, 6) is 1.49. The number of carbonyl (C=O) groups is 1. The molecule has 0 bridgehead atoms. The van der Waals surface area contributed by atoms with Gasteiger partial charge in [-0.2, -0.15) is 0 Å². The van der Waals surface area contributed by atoms with Gasteiger partial charge >= 0.3 is 0 Å². The number of nitrogens with zero attached hydrogens (tertiary/aromatic N) is 1. The molecule has 7 heteroatoms. The summed E-state index contributed by atoms with van der Waals surface area (Å²) < 4.78 is 16.0. The molecule has 1 fully saturated rings. The summed E-state index contributed by atoms with van der Waals surface area (Å²) in [5, 5.41) is 3.32. The van der Waals surface area contributed by atoms with Crippen LogP contribution in [0.25, 0.3) is 0 Å². The number of methoxy groups -OCH3 is 3. The number of halogens is 1. The summed E-state index contributed by atoms with van der Waals surface area (Å²) in [5.41, 5.74) is 0.555. The van der Waals surface area contributed by atoms with Gasteiger partial charge in [-0.05, 0) is 31.5 Å². The third-order valence-corrected chi connectivity index (χ3v) is 4.11. The highest BCUT2D eigenvalue weighted by molar-refractivity contribution is 5.96. The third kappa shape index (κ3) is 4.24. The van der Waals surface area contributed by atoms with Gasteiger partial charge in [0.15, 0.2) is 11.5 Å². The highest BCUT2D eigenvalue weighted by Gasteiger charge is 2.28. The maximum Gasteiger partial charge on any atom is 0.254 e. The molecule has 1 N–H and O–H groups in total. The fraction of sp³-hybridized carbons (Fsp3) is 0.588. The second kappa shape index (κ2) is 9.59. The predicted molar refractivity (Wildman–Crippen MR) is 95.9 cm³/mol. The predicted octanol–water partition coefficient (Wildman–Crippen LogP) is 2.35. The van der Waals surface area contributed by atoms with Crippen molar-refractivity contribution in [3.8, 4) is 17.2 Å². The van der Waals surface area contributed by atoms with Gasteiger partial charge in [0, 0.05) is 24.7 Å². The Bertz CT molecular complexity index is 522. The lowest BCUT2D eigenvalue weighted by Gasteiger charge is -2.28. The van der Waals surface area contributed by atoms with E-state index in [1.54, 1.807) is 33.5 Å². The minimum Gasteiger partial charge on any atom is -0.493 e. The fourth-order valence-corrected chi connectivity index (χ4v) is 2.97. The molecular weight excluding hydrogens is 332 g/mol. The first-order chi connectivity index (χ1) is 11.2. The molecule has 0 aromatic heterocycles. The normalized spacial score (nSPS) is 16.2. The molecule has 1 atom stereocenters. The minimum absolute atomic E-state index is 0. The van der Waals surface area contributed by atoms with Crippen molar-refractivity contribution in [3.63, 3.8) is 0 Å². The van der Waals surface area contributed by atoms with Crippen LogP contribution in [0.1, 0.15) is 30.1 Å². The van der Waals surface area contributed by atoms with Gasteiger partial charge in [-0.1, -0.05) is 6.92 Å². The maximum absolute atomic E-state index is 13.0. The second-order valence-electron chi connectivity index (χ2n) is 5.56. The number of benzene rings is 1. The highest BCUT2D eigenvalue weighted by Crippen LogP contribution is 2.38. The van der Waals surface area contributed by atoms with E-state index in [4.69, 9.17) is 14.2 Å². The van der Waals surface area contributed by atoms with Crippen LogP contribution < -0.4 is 19.5 Å². The molecule has 1 heterocycles. The van der Waals surface area contributed by atoms with Crippen molar-refractivity contribution in [2.24, 2.45) is 0 Å². The molecule has 1 aliphatic rings. The Morgan fingerprint density at radius 2 is 1.83 bits per heavy atom. The molecule has 0 spiro atoms. The molecule has 1 amide bonds. The molecule has 2 rings (SSSR count). The van der Waals surface area contributed by atoms with Crippen LogP contribution >= 0.6 is 12.4 Å². The number of carbonyl (C=O) groups excluding carboxylic acids is 1. The van der Waals surface area contributed by atoms with Crippen LogP contribution in [0.4, 0.5) is 0 Å². The van der Waals surface area contributed by atoms with Gasteiger partial charge < -0.3 is 24.4 Å². The number of nitrogens with one attached hydrogen (secondary N) is 1.